The quantitative estimate of drug-likeness (QED) is 0.630. The van der Waals surface area contributed by atoms with Crippen LogP contribution in [-0.4, -0.2) is 46.2 Å². The Kier molecular flexibility index (Phi) is 4.42. The molecule has 23 heavy (non-hydrogen) atoms. The predicted molar refractivity (Wildman–Crippen MR) is 82.6 cm³/mol. The van der Waals surface area contributed by atoms with E-state index in [1.54, 1.807) is 11.7 Å². The van der Waals surface area contributed by atoms with Gasteiger partial charge in [0.15, 0.2) is 0 Å². The molecule has 1 aliphatic rings. The van der Waals surface area contributed by atoms with E-state index in [0.29, 0.717) is 19.2 Å². The van der Waals surface area contributed by atoms with Gasteiger partial charge in [-0.2, -0.15) is 0 Å². The van der Waals surface area contributed by atoms with Crippen molar-refractivity contribution in [1.29, 1.82) is 0 Å². The van der Waals surface area contributed by atoms with Crippen molar-refractivity contribution in [3.8, 4) is 11.8 Å². The molecular formula is C15H18N4O4. The first-order valence-corrected chi connectivity index (χ1v) is 7.35. The molecule has 8 nitrogen and oxygen atoms in total. The van der Waals surface area contributed by atoms with E-state index in [-0.39, 0.29) is 5.82 Å². The van der Waals surface area contributed by atoms with E-state index in [1.165, 1.54) is 11.8 Å². The molecular weight excluding hydrogens is 300 g/mol. The number of fused-ring (bicyclic) bond motifs is 1. The lowest BCUT2D eigenvalue weighted by atomic mass is 10.2. The molecule has 0 N–H and O–H groups in total. The zero-order chi connectivity index (χ0) is 16.2. The van der Waals surface area contributed by atoms with E-state index in [4.69, 9.17) is 9.47 Å². The van der Waals surface area contributed by atoms with E-state index in [2.05, 4.69) is 9.88 Å². The fourth-order valence-electron chi connectivity index (χ4n) is 2.52. The highest BCUT2D eigenvalue weighted by atomic mass is 16.6. The first-order chi connectivity index (χ1) is 11.2. The number of nitrogens with zero attached hydrogens (tertiary/aromatic N) is 4. The van der Waals surface area contributed by atoms with Crippen LogP contribution >= 0.6 is 0 Å². The summed E-state index contributed by atoms with van der Waals surface area (Å²) in [6, 6.07) is 8.26. The van der Waals surface area contributed by atoms with Crippen molar-refractivity contribution < 1.29 is 14.4 Å². The smallest absolute Gasteiger partial charge is 0.414 e. The SMILES string of the molecule is COc1ccc(CN2CCOc3nc([N+](=O)[O-])cn3CC2)cc1. The maximum absolute atomic E-state index is 10.8. The second-order valence-electron chi connectivity index (χ2n) is 5.30. The molecule has 122 valence electrons. The van der Waals surface area contributed by atoms with Crippen LogP contribution in [0.2, 0.25) is 0 Å². The molecule has 0 aliphatic carbocycles. The van der Waals surface area contributed by atoms with Crippen LogP contribution in [0.25, 0.3) is 0 Å². The van der Waals surface area contributed by atoms with E-state index in [9.17, 15) is 10.1 Å². The van der Waals surface area contributed by atoms with Gasteiger partial charge in [0.1, 0.15) is 18.6 Å². The molecule has 0 radical (unpaired) electrons. The molecule has 3 rings (SSSR count). The summed E-state index contributed by atoms with van der Waals surface area (Å²) in [6.07, 6.45) is 1.42. The third-order valence-corrected chi connectivity index (χ3v) is 3.78. The number of nitro groups is 1. The van der Waals surface area contributed by atoms with Gasteiger partial charge in [-0.1, -0.05) is 12.1 Å². The number of benzene rings is 1. The van der Waals surface area contributed by atoms with Crippen LogP contribution in [0.5, 0.6) is 11.8 Å². The lowest BCUT2D eigenvalue weighted by Crippen LogP contribution is -2.33. The topological polar surface area (TPSA) is 82.7 Å². The molecule has 1 aromatic heterocycles. The molecule has 0 bridgehead atoms. The molecule has 0 atom stereocenters. The van der Waals surface area contributed by atoms with E-state index in [0.717, 1.165) is 25.4 Å². The first-order valence-electron chi connectivity index (χ1n) is 7.35. The molecule has 0 saturated heterocycles. The highest BCUT2D eigenvalue weighted by molar-refractivity contribution is 5.27. The molecule has 0 fully saturated rings. The van der Waals surface area contributed by atoms with Gasteiger partial charge in [-0.25, -0.2) is 0 Å². The van der Waals surface area contributed by atoms with Crippen LogP contribution in [0.15, 0.2) is 30.5 Å². The number of hydrogen-bond acceptors (Lipinski definition) is 6. The van der Waals surface area contributed by atoms with Crippen molar-refractivity contribution in [3.63, 3.8) is 0 Å². The molecule has 0 amide bonds. The van der Waals surface area contributed by atoms with Crippen LogP contribution in [0.4, 0.5) is 5.82 Å². The Morgan fingerprint density at radius 1 is 1.30 bits per heavy atom. The second kappa shape index (κ2) is 6.66. The van der Waals surface area contributed by atoms with Gasteiger partial charge in [-0.15, -0.1) is 0 Å². The molecule has 2 heterocycles. The standard InChI is InChI=1S/C15H18N4O4/c1-22-13-4-2-12(3-5-13)10-17-6-7-18-11-14(19(20)21)16-15(18)23-9-8-17/h2-5,11H,6-10H2,1H3. The Bertz CT molecular complexity index is 683. The van der Waals surface area contributed by atoms with Crippen LogP contribution in [-0.2, 0) is 13.1 Å². The second-order valence-corrected chi connectivity index (χ2v) is 5.30. The van der Waals surface area contributed by atoms with Gasteiger partial charge in [0.05, 0.1) is 7.11 Å². The zero-order valence-corrected chi connectivity index (χ0v) is 12.8. The van der Waals surface area contributed by atoms with E-state index >= 15 is 0 Å². The fraction of sp³-hybridized carbons (Fsp3) is 0.400. The predicted octanol–water partition coefficient (Wildman–Crippen LogP) is 1.69. The van der Waals surface area contributed by atoms with Crippen molar-refractivity contribution in [2.24, 2.45) is 0 Å². The van der Waals surface area contributed by atoms with Crippen molar-refractivity contribution in [1.82, 2.24) is 14.5 Å². The number of rotatable bonds is 4. The zero-order valence-electron chi connectivity index (χ0n) is 12.8. The Labute approximate surface area is 133 Å². The number of methoxy groups -OCH3 is 1. The number of aromatic nitrogens is 2. The molecule has 0 saturated carbocycles. The third kappa shape index (κ3) is 3.59. The van der Waals surface area contributed by atoms with Crippen LogP contribution < -0.4 is 9.47 Å². The third-order valence-electron chi connectivity index (χ3n) is 3.78. The van der Waals surface area contributed by atoms with Gasteiger partial charge in [-0.05, 0) is 22.6 Å². The number of ether oxygens (including phenoxy) is 2. The minimum absolute atomic E-state index is 0.177. The molecule has 1 aromatic carbocycles. The minimum Gasteiger partial charge on any atom is -0.497 e. The highest BCUT2D eigenvalue weighted by Gasteiger charge is 2.22. The molecule has 2 aromatic rings. The highest BCUT2D eigenvalue weighted by Crippen LogP contribution is 2.19. The van der Waals surface area contributed by atoms with Crippen molar-refractivity contribution in [3.05, 3.63) is 46.1 Å². The van der Waals surface area contributed by atoms with E-state index < -0.39 is 4.92 Å². The Balaban J connectivity index is 1.65. The molecule has 8 heteroatoms. The lowest BCUT2D eigenvalue weighted by Gasteiger charge is -2.24. The minimum atomic E-state index is -0.504. The summed E-state index contributed by atoms with van der Waals surface area (Å²) in [5, 5.41) is 10.8. The Morgan fingerprint density at radius 2 is 2.09 bits per heavy atom. The summed E-state index contributed by atoms with van der Waals surface area (Å²) in [5.41, 5.74) is 1.18. The van der Waals surface area contributed by atoms with Crippen LogP contribution in [0, 0.1) is 10.1 Å². The average Bonchev–Trinajstić information content (AvgIpc) is 2.93. The summed E-state index contributed by atoms with van der Waals surface area (Å²) < 4.78 is 12.4. The van der Waals surface area contributed by atoms with Crippen molar-refractivity contribution in [2.45, 2.75) is 13.1 Å². The van der Waals surface area contributed by atoms with Gasteiger partial charge in [0, 0.05) is 31.2 Å². The Hall–Kier alpha value is -2.61. The van der Waals surface area contributed by atoms with Gasteiger partial charge in [0.25, 0.3) is 0 Å². The summed E-state index contributed by atoms with van der Waals surface area (Å²) in [4.78, 5) is 16.4. The summed E-state index contributed by atoms with van der Waals surface area (Å²) >= 11 is 0. The average molecular weight is 318 g/mol. The van der Waals surface area contributed by atoms with Gasteiger partial charge in [0.2, 0.25) is 0 Å². The van der Waals surface area contributed by atoms with Crippen molar-refractivity contribution >= 4 is 5.82 Å². The normalized spacial score (nSPS) is 15.2. The largest absolute Gasteiger partial charge is 0.497 e. The van der Waals surface area contributed by atoms with Crippen LogP contribution in [0.1, 0.15) is 5.56 Å². The van der Waals surface area contributed by atoms with Crippen LogP contribution in [0.3, 0.4) is 0 Å². The van der Waals surface area contributed by atoms with Gasteiger partial charge in [-0.3, -0.25) is 9.47 Å². The number of hydrogen-bond donors (Lipinski definition) is 0. The lowest BCUT2D eigenvalue weighted by molar-refractivity contribution is -0.389. The summed E-state index contributed by atoms with van der Waals surface area (Å²) in [5.74, 6) is 0.656. The molecule has 1 aliphatic heterocycles. The van der Waals surface area contributed by atoms with Gasteiger partial charge < -0.3 is 19.6 Å². The molecule has 0 spiro atoms. The van der Waals surface area contributed by atoms with E-state index in [1.807, 2.05) is 24.3 Å². The van der Waals surface area contributed by atoms with Gasteiger partial charge >= 0.3 is 11.8 Å². The fourth-order valence-corrected chi connectivity index (χ4v) is 2.52. The Morgan fingerprint density at radius 3 is 2.78 bits per heavy atom. The maximum Gasteiger partial charge on any atom is 0.414 e. The first kappa shape index (κ1) is 15.3. The number of imidazole rings is 1. The van der Waals surface area contributed by atoms with Crippen molar-refractivity contribution in [2.75, 3.05) is 26.8 Å². The molecule has 0 unspecified atom stereocenters. The summed E-state index contributed by atoms with van der Waals surface area (Å²) in [6.45, 7) is 3.36. The monoisotopic (exact) mass is 318 g/mol. The summed E-state index contributed by atoms with van der Waals surface area (Å²) in [7, 11) is 1.65. The maximum atomic E-state index is 10.8.